The van der Waals surface area contributed by atoms with Crippen LogP contribution in [-0.4, -0.2) is 12.9 Å². The van der Waals surface area contributed by atoms with Gasteiger partial charge in [0.05, 0.1) is 0 Å². The van der Waals surface area contributed by atoms with Crippen molar-refractivity contribution in [3.63, 3.8) is 0 Å². The first-order valence-corrected chi connectivity index (χ1v) is 4.03. The van der Waals surface area contributed by atoms with Gasteiger partial charge in [-0.1, -0.05) is 6.07 Å². The Balaban J connectivity index is 2.24. The Bertz CT molecular complexity index is 419. The van der Waals surface area contributed by atoms with E-state index in [0.717, 1.165) is 11.3 Å². The van der Waals surface area contributed by atoms with Gasteiger partial charge in [-0.25, -0.2) is 4.79 Å². The number of carbonyl (C=O) groups excluding carboxylic acids is 1. The van der Waals surface area contributed by atoms with E-state index in [4.69, 9.17) is 9.47 Å². The van der Waals surface area contributed by atoms with Crippen LogP contribution < -0.4 is 9.47 Å². The Hall–Kier alpha value is -2.06. The van der Waals surface area contributed by atoms with Crippen molar-refractivity contribution in [1.82, 2.24) is 0 Å². The number of isocyanates is 1. The number of ether oxygens (including phenoxy) is 2. The molecule has 0 amide bonds. The van der Waals surface area contributed by atoms with E-state index in [1.807, 2.05) is 18.2 Å². The highest BCUT2D eigenvalue weighted by molar-refractivity contribution is 5.57. The summed E-state index contributed by atoms with van der Waals surface area (Å²) >= 11 is 0. The molecule has 0 saturated heterocycles. The number of hydrogen-bond acceptors (Lipinski definition) is 4. The van der Waals surface area contributed by atoms with E-state index >= 15 is 0 Å². The van der Waals surface area contributed by atoms with Crippen LogP contribution in [0.25, 0.3) is 6.08 Å². The molecule has 0 saturated carbocycles. The average molecular weight is 189 g/mol. The normalized spacial score (nSPS) is 12.9. The molecular weight excluding hydrogens is 182 g/mol. The molecule has 0 spiro atoms. The van der Waals surface area contributed by atoms with Crippen LogP contribution in [-0.2, 0) is 4.79 Å². The van der Waals surface area contributed by atoms with Gasteiger partial charge in [0, 0.05) is 6.20 Å². The molecule has 0 aromatic heterocycles. The minimum absolute atomic E-state index is 0.259. The van der Waals surface area contributed by atoms with E-state index < -0.39 is 0 Å². The van der Waals surface area contributed by atoms with Crippen LogP contribution in [0.2, 0.25) is 0 Å². The highest BCUT2D eigenvalue weighted by Gasteiger charge is 2.11. The van der Waals surface area contributed by atoms with E-state index in [0.29, 0.717) is 5.75 Å². The van der Waals surface area contributed by atoms with Crippen LogP contribution in [0.1, 0.15) is 5.56 Å². The lowest BCUT2D eigenvalue weighted by molar-refractivity contribution is 0.174. The second kappa shape index (κ2) is 3.77. The fourth-order valence-corrected chi connectivity index (χ4v) is 1.17. The summed E-state index contributed by atoms with van der Waals surface area (Å²) in [4.78, 5) is 13.1. The lowest BCUT2D eigenvalue weighted by Crippen LogP contribution is -1.92. The van der Waals surface area contributed by atoms with Crippen LogP contribution in [0.4, 0.5) is 0 Å². The second-order valence-corrected chi connectivity index (χ2v) is 2.65. The van der Waals surface area contributed by atoms with Crippen LogP contribution in [0, 0.1) is 0 Å². The molecule has 0 unspecified atom stereocenters. The monoisotopic (exact) mass is 189 g/mol. The number of nitrogens with zero attached hydrogens (tertiary/aromatic N) is 1. The Morgan fingerprint density at radius 3 is 3.07 bits per heavy atom. The lowest BCUT2D eigenvalue weighted by atomic mass is 10.2. The summed E-state index contributed by atoms with van der Waals surface area (Å²) < 4.78 is 10.3. The molecule has 14 heavy (non-hydrogen) atoms. The first-order chi connectivity index (χ1) is 6.90. The van der Waals surface area contributed by atoms with Gasteiger partial charge in [0.15, 0.2) is 11.5 Å². The molecule has 0 fully saturated rings. The van der Waals surface area contributed by atoms with Crippen molar-refractivity contribution in [3.05, 3.63) is 30.0 Å². The zero-order valence-corrected chi connectivity index (χ0v) is 7.27. The van der Waals surface area contributed by atoms with Gasteiger partial charge in [-0.3, -0.25) is 0 Å². The van der Waals surface area contributed by atoms with E-state index in [-0.39, 0.29) is 6.79 Å². The van der Waals surface area contributed by atoms with E-state index in [9.17, 15) is 4.79 Å². The van der Waals surface area contributed by atoms with Gasteiger partial charge in [0.25, 0.3) is 0 Å². The Morgan fingerprint density at radius 2 is 2.21 bits per heavy atom. The first-order valence-electron chi connectivity index (χ1n) is 4.03. The van der Waals surface area contributed by atoms with Gasteiger partial charge in [0.1, 0.15) is 0 Å². The molecule has 1 aromatic carbocycles. The Morgan fingerprint density at radius 1 is 1.36 bits per heavy atom. The zero-order valence-electron chi connectivity index (χ0n) is 7.27. The first kappa shape index (κ1) is 8.53. The van der Waals surface area contributed by atoms with Crippen LogP contribution in [0.5, 0.6) is 11.5 Å². The molecule has 0 bridgehead atoms. The topological polar surface area (TPSA) is 47.9 Å². The summed E-state index contributed by atoms with van der Waals surface area (Å²) in [5.41, 5.74) is 0.897. The summed E-state index contributed by atoms with van der Waals surface area (Å²) in [5.74, 6) is 1.45. The minimum atomic E-state index is 0.259. The van der Waals surface area contributed by atoms with E-state index in [1.54, 1.807) is 6.08 Å². The number of hydrogen-bond donors (Lipinski definition) is 0. The molecule has 4 heteroatoms. The SMILES string of the molecule is O=C=N/C=C/c1ccc2c(c1)OCO2. The number of rotatable bonds is 2. The largest absolute Gasteiger partial charge is 0.454 e. The van der Waals surface area contributed by atoms with Crippen LogP contribution in [0.15, 0.2) is 29.4 Å². The number of fused-ring (bicyclic) bond motifs is 1. The Labute approximate surface area is 80.5 Å². The van der Waals surface area contributed by atoms with Crippen LogP contribution >= 0.6 is 0 Å². The molecule has 0 radical (unpaired) electrons. The van der Waals surface area contributed by atoms with Crippen molar-refractivity contribution in [3.8, 4) is 11.5 Å². The fraction of sp³-hybridized carbons (Fsp3) is 0.100. The van der Waals surface area contributed by atoms with Gasteiger partial charge >= 0.3 is 0 Å². The molecule has 0 N–H and O–H groups in total. The van der Waals surface area contributed by atoms with Gasteiger partial charge in [-0.15, -0.1) is 0 Å². The number of benzene rings is 1. The summed E-state index contributed by atoms with van der Waals surface area (Å²) in [6.45, 7) is 0.259. The molecular formula is C10H7NO3. The van der Waals surface area contributed by atoms with Crippen molar-refractivity contribution >= 4 is 12.2 Å². The number of aliphatic imine (C=N–C) groups is 1. The molecule has 70 valence electrons. The molecule has 4 nitrogen and oxygen atoms in total. The Kier molecular flexibility index (Phi) is 2.30. The predicted molar refractivity (Wildman–Crippen MR) is 49.7 cm³/mol. The third-order valence-electron chi connectivity index (χ3n) is 1.79. The molecule has 0 atom stereocenters. The highest BCUT2D eigenvalue weighted by atomic mass is 16.7. The molecule has 2 rings (SSSR count). The second-order valence-electron chi connectivity index (χ2n) is 2.65. The fourth-order valence-electron chi connectivity index (χ4n) is 1.17. The third kappa shape index (κ3) is 1.65. The summed E-state index contributed by atoms with van der Waals surface area (Å²) in [5, 5.41) is 0. The van der Waals surface area contributed by atoms with Crippen molar-refractivity contribution in [2.45, 2.75) is 0 Å². The van der Waals surface area contributed by atoms with Crippen LogP contribution in [0.3, 0.4) is 0 Å². The minimum Gasteiger partial charge on any atom is -0.454 e. The zero-order chi connectivity index (χ0) is 9.80. The standard InChI is InChI=1S/C10H7NO3/c12-6-11-4-3-8-1-2-9-10(5-8)14-7-13-9/h1-5H,7H2/b4-3+. The summed E-state index contributed by atoms with van der Waals surface area (Å²) in [6, 6.07) is 5.48. The van der Waals surface area contributed by atoms with Crippen molar-refractivity contribution in [2.75, 3.05) is 6.79 Å². The maximum Gasteiger partial charge on any atom is 0.239 e. The van der Waals surface area contributed by atoms with E-state index in [1.165, 1.54) is 12.3 Å². The maximum atomic E-state index is 9.79. The molecule has 1 aliphatic rings. The van der Waals surface area contributed by atoms with Crippen molar-refractivity contribution < 1.29 is 14.3 Å². The maximum absolute atomic E-state index is 9.79. The summed E-state index contributed by atoms with van der Waals surface area (Å²) in [6.07, 6.45) is 4.49. The van der Waals surface area contributed by atoms with Crippen molar-refractivity contribution in [2.24, 2.45) is 4.99 Å². The lowest BCUT2D eigenvalue weighted by Gasteiger charge is -1.96. The van der Waals surface area contributed by atoms with Gasteiger partial charge in [-0.05, 0) is 23.8 Å². The molecule has 1 heterocycles. The average Bonchev–Trinajstić information content (AvgIpc) is 2.65. The van der Waals surface area contributed by atoms with Gasteiger partial charge in [0.2, 0.25) is 12.9 Å². The van der Waals surface area contributed by atoms with E-state index in [2.05, 4.69) is 4.99 Å². The third-order valence-corrected chi connectivity index (χ3v) is 1.79. The van der Waals surface area contributed by atoms with Crippen molar-refractivity contribution in [1.29, 1.82) is 0 Å². The quantitative estimate of drug-likeness (QED) is 0.525. The predicted octanol–water partition coefficient (Wildman–Crippen LogP) is 1.72. The molecule has 1 aliphatic heterocycles. The molecule has 0 aliphatic carbocycles. The molecule has 1 aromatic rings. The smallest absolute Gasteiger partial charge is 0.239 e. The van der Waals surface area contributed by atoms with Gasteiger partial charge < -0.3 is 9.47 Å². The van der Waals surface area contributed by atoms with Gasteiger partial charge in [-0.2, -0.15) is 4.99 Å². The highest BCUT2D eigenvalue weighted by Crippen LogP contribution is 2.32. The summed E-state index contributed by atoms with van der Waals surface area (Å²) in [7, 11) is 0.